The van der Waals surface area contributed by atoms with Gasteiger partial charge >= 0.3 is 0 Å². The fourth-order valence-electron chi connectivity index (χ4n) is 2.44. The van der Waals surface area contributed by atoms with Crippen LogP contribution in [0.2, 0.25) is 5.02 Å². The van der Waals surface area contributed by atoms with Crippen LogP contribution in [0, 0.1) is 11.6 Å². The Bertz CT molecular complexity index is 822. The Morgan fingerprint density at radius 2 is 1.75 bits per heavy atom. The Labute approximate surface area is 144 Å². The van der Waals surface area contributed by atoms with Crippen LogP contribution in [0.3, 0.4) is 0 Å². The number of aliphatic hydroxyl groups is 1. The number of halogens is 3. The molecule has 1 unspecified atom stereocenters. The molecule has 0 aromatic heterocycles. The normalized spacial score (nSPS) is 14.4. The van der Waals surface area contributed by atoms with Gasteiger partial charge in [-0.1, -0.05) is 24.9 Å². The van der Waals surface area contributed by atoms with Crippen molar-refractivity contribution in [3.63, 3.8) is 0 Å². The molecule has 0 aliphatic carbocycles. The topological polar surface area (TPSA) is 54.4 Å². The molecule has 0 aliphatic heterocycles. The largest absolute Gasteiger partial charge is 0.370 e. The summed E-state index contributed by atoms with van der Waals surface area (Å²) >= 11 is 5.76. The van der Waals surface area contributed by atoms with Crippen molar-refractivity contribution in [2.45, 2.75) is 36.0 Å². The van der Waals surface area contributed by atoms with Crippen LogP contribution in [-0.4, -0.2) is 13.5 Å². The van der Waals surface area contributed by atoms with Crippen LogP contribution in [0.4, 0.5) is 8.78 Å². The van der Waals surface area contributed by atoms with Crippen LogP contribution in [-0.2, 0) is 14.8 Å². The molecule has 0 radical (unpaired) electrons. The predicted octanol–water partition coefficient (Wildman–Crippen LogP) is 4.43. The van der Waals surface area contributed by atoms with Crippen LogP contribution in [0.1, 0.15) is 31.7 Å². The molecule has 2 aromatic rings. The Morgan fingerprint density at radius 1 is 1.12 bits per heavy atom. The van der Waals surface area contributed by atoms with Gasteiger partial charge in [0.25, 0.3) is 0 Å². The highest BCUT2D eigenvalue weighted by atomic mass is 35.5. The molecule has 3 nitrogen and oxygen atoms in total. The van der Waals surface area contributed by atoms with E-state index in [1.54, 1.807) is 6.92 Å². The molecule has 1 atom stereocenters. The zero-order valence-electron chi connectivity index (χ0n) is 13.0. The van der Waals surface area contributed by atoms with E-state index in [1.165, 1.54) is 24.3 Å². The number of benzene rings is 2. The molecule has 0 aliphatic rings. The van der Waals surface area contributed by atoms with Gasteiger partial charge in [0.15, 0.2) is 4.93 Å². The maximum atomic E-state index is 14.2. The van der Waals surface area contributed by atoms with E-state index >= 15 is 0 Å². The Kier molecular flexibility index (Phi) is 5.63. The first-order chi connectivity index (χ1) is 11.2. The van der Waals surface area contributed by atoms with Gasteiger partial charge in [-0.2, -0.15) is 0 Å². The van der Waals surface area contributed by atoms with Gasteiger partial charge in [0.1, 0.15) is 11.6 Å². The van der Waals surface area contributed by atoms with Crippen molar-refractivity contribution >= 4 is 21.4 Å². The molecule has 7 heteroatoms. The lowest BCUT2D eigenvalue weighted by molar-refractivity contribution is 0.106. The van der Waals surface area contributed by atoms with Crippen LogP contribution in [0.5, 0.6) is 0 Å². The monoisotopic (exact) mass is 374 g/mol. The third-order valence-corrected chi connectivity index (χ3v) is 6.24. The highest BCUT2D eigenvalue weighted by molar-refractivity contribution is 7.92. The van der Waals surface area contributed by atoms with E-state index in [9.17, 15) is 22.3 Å². The zero-order valence-corrected chi connectivity index (χ0v) is 14.5. The first-order valence-corrected chi connectivity index (χ1v) is 9.26. The highest BCUT2D eigenvalue weighted by Gasteiger charge is 2.46. The minimum atomic E-state index is -4.39. The van der Waals surface area contributed by atoms with Crippen LogP contribution in [0.25, 0.3) is 0 Å². The summed E-state index contributed by atoms with van der Waals surface area (Å²) in [6.45, 7) is 1.80. The maximum absolute atomic E-state index is 14.2. The maximum Gasteiger partial charge on any atom is 0.212 e. The molecular weight excluding hydrogens is 358 g/mol. The molecule has 130 valence electrons. The minimum absolute atomic E-state index is 0.214. The molecule has 0 saturated carbocycles. The van der Waals surface area contributed by atoms with Gasteiger partial charge in [-0.05, 0) is 55.3 Å². The second-order valence-electron chi connectivity index (χ2n) is 5.47. The van der Waals surface area contributed by atoms with E-state index < -0.39 is 32.0 Å². The number of unbranched alkanes of at least 4 members (excludes halogenated alkanes) is 1. The fourth-order valence-corrected chi connectivity index (χ4v) is 4.31. The molecule has 1 N–H and O–H groups in total. The Balaban J connectivity index is 2.66. The lowest BCUT2D eigenvalue weighted by Gasteiger charge is -2.29. The van der Waals surface area contributed by atoms with Crippen LogP contribution >= 0.6 is 11.6 Å². The van der Waals surface area contributed by atoms with Crippen LogP contribution in [0.15, 0.2) is 47.4 Å². The fraction of sp³-hybridized carbons (Fsp3) is 0.294. The minimum Gasteiger partial charge on any atom is -0.370 e. The van der Waals surface area contributed by atoms with Gasteiger partial charge in [0, 0.05) is 10.6 Å². The Hall–Kier alpha value is -1.50. The van der Waals surface area contributed by atoms with Crippen molar-refractivity contribution in [3.05, 3.63) is 64.7 Å². The molecule has 0 bridgehead atoms. The summed E-state index contributed by atoms with van der Waals surface area (Å²) in [5, 5.41) is 11.3. The van der Waals surface area contributed by atoms with Crippen LogP contribution < -0.4 is 0 Å². The molecule has 0 spiro atoms. The number of rotatable bonds is 6. The summed E-state index contributed by atoms with van der Waals surface area (Å²) in [7, 11) is -4.39. The quantitative estimate of drug-likeness (QED) is 0.813. The first kappa shape index (κ1) is 18.8. The van der Waals surface area contributed by atoms with E-state index in [-0.39, 0.29) is 11.3 Å². The summed E-state index contributed by atoms with van der Waals surface area (Å²) in [6, 6.07) is 7.57. The van der Waals surface area contributed by atoms with Gasteiger partial charge in [-0.25, -0.2) is 17.2 Å². The van der Waals surface area contributed by atoms with Crippen molar-refractivity contribution in [1.82, 2.24) is 0 Å². The van der Waals surface area contributed by atoms with Crippen molar-refractivity contribution in [2.24, 2.45) is 0 Å². The smallest absolute Gasteiger partial charge is 0.212 e. The molecule has 2 aromatic carbocycles. The van der Waals surface area contributed by atoms with E-state index in [0.717, 1.165) is 18.2 Å². The molecule has 0 fully saturated rings. The highest BCUT2D eigenvalue weighted by Crippen LogP contribution is 2.39. The van der Waals surface area contributed by atoms with Crippen molar-refractivity contribution in [3.8, 4) is 0 Å². The van der Waals surface area contributed by atoms with Crippen molar-refractivity contribution < 1.29 is 22.3 Å². The molecular formula is C17H17ClF2O3S. The lowest BCUT2D eigenvalue weighted by Crippen LogP contribution is -2.37. The SMILES string of the molecule is CCCCC(O)(c1cc(F)ccc1F)S(=O)(=O)c1ccc(Cl)cc1. The second kappa shape index (κ2) is 7.17. The second-order valence-corrected chi connectivity index (χ2v) is 8.06. The number of hydrogen-bond donors (Lipinski definition) is 1. The summed E-state index contributed by atoms with van der Waals surface area (Å²) in [5.74, 6) is -1.81. The number of hydrogen-bond acceptors (Lipinski definition) is 3. The Morgan fingerprint density at radius 3 is 2.33 bits per heavy atom. The number of sulfone groups is 1. The molecule has 0 amide bonds. The van der Waals surface area contributed by atoms with E-state index in [0.29, 0.717) is 17.9 Å². The molecule has 24 heavy (non-hydrogen) atoms. The third-order valence-electron chi connectivity index (χ3n) is 3.79. The standard InChI is InChI=1S/C17H17ClF2O3S/c1-2-3-10-17(21,15-11-13(19)6-9-16(15)20)24(22,23)14-7-4-12(18)5-8-14/h4-9,11,21H,2-3,10H2,1H3. The molecule has 0 saturated heterocycles. The van der Waals surface area contributed by atoms with Gasteiger partial charge in [-0.3, -0.25) is 0 Å². The van der Waals surface area contributed by atoms with E-state index in [1.807, 2.05) is 0 Å². The van der Waals surface area contributed by atoms with E-state index in [4.69, 9.17) is 11.6 Å². The van der Waals surface area contributed by atoms with Gasteiger partial charge in [-0.15, -0.1) is 0 Å². The molecule has 2 rings (SSSR count). The summed E-state index contributed by atoms with van der Waals surface area (Å²) in [6.07, 6.45) is 0.642. The average Bonchev–Trinajstić information content (AvgIpc) is 2.55. The third kappa shape index (κ3) is 3.45. The summed E-state index contributed by atoms with van der Waals surface area (Å²) in [5.41, 5.74) is -0.592. The van der Waals surface area contributed by atoms with Gasteiger partial charge < -0.3 is 5.11 Å². The first-order valence-electron chi connectivity index (χ1n) is 7.40. The summed E-state index contributed by atoms with van der Waals surface area (Å²) in [4.78, 5) is -2.78. The summed E-state index contributed by atoms with van der Waals surface area (Å²) < 4.78 is 53.6. The predicted molar refractivity (Wildman–Crippen MR) is 88.4 cm³/mol. The van der Waals surface area contributed by atoms with E-state index in [2.05, 4.69) is 0 Å². The average molecular weight is 375 g/mol. The van der Waals surface area contributed by atoms with Gasteiger partial charge in [0.2, 0.25) is 9.84 Å². The lowest BCUT2D eigenvalue weighted by atomic mass is 10.0. The van der Waals surface area contributed by atoms with Gasteiger partial charge in [0.05, 0.1) is 4.90 Å². The zero-order chi connectivity index (χ0) is 18.0. The van der Waals surface area contributed by atoms with Crippen molar-refractivity contribution in [2.75, 3.05) is 0 Å². The molecule has 0 heterocycles. The van der Waals surface area contributed by atoms with Crippen molar-refractivity contribution in [1.29, 1.82) is 0 Å².